The van der Waals surface area contributed by atoms with Crippen LogP contribution in [0.25, 0.3) is 0 Å². The first-order chi connectivity index (χ1) is 15.6. The Morgan fingerprint density at radius 1 is 1.24 bits per heavy atom. The second kappa shape index (κ2) is 9.50. The van der Waals surface area contributed by atoms with Gasteiger partial charge in [-0.1, -0.05) is 18.2 Å². The van der Waals surface area contributed by atoms with Crippen molar-refractivity contribution in [1.82, 2.24) is 10.2 Å². The predicted molar refractivity (Wildman–Crippen MR) is 122 cm³/mol. The molecule has 0 saturated heterocycles. The lowest BCUT2D eigenvalue weighted by atomic mass is 9.79. The van der Waals surface area contributed by atoms with E-state index in [0.29, 0.717) is 16.8 Å². The molecule has 9 heteroatoms. The molecule has 0 saturated carbocycles. The summed E-state index contributed by atoms with van der Waals surface area (Å²) >= 11 is 0. The summed E-state index contributed by atoms with van der Waals surface area (Å²) in [6.07, 6.45) is -0.0113. The van der Waals surface area contributed by atoms with Crippen molar-refractivity contribution in [2.75, 3.05) is 25.7 Å². The lowest BCUT2D eigenvalue weighted by Crippen LogP contribution is -2.55. The van der Waals surface area contributed by atoms with Crippen molar-refractivity contribution in [3.8, 4) is 0 Å². The predicted octanol–water partition coefficient (Wildman–Crippen LogP) is 2.17. The molecule has 0 fully saturated rings. The van der Waals surface area contributed by atoms with Crippen LogP contribution in [0.15, 0.2) is 53.6 Å². The summed E-state index contributed by atoms with van der Waals surface area (Å²) in [5, 5.41) is 17.4. The SMILES string of the molecule is C[C@@H](CO)NC(=O)C1(C)CC(c2ccc(C(=O)N(C)C)cc2)=NN(c2cccc(F)c2)C1=O. The number of nitrogens with zero attached hydrogens (tertiary/aromatic N) is 3. The van der Waals surface area contributed by atoms with E-state index in [1.165, 1.54) is 30.0 Å². The maximum atomic E-state index is 13.9. The minimum atomic E-state index is -1.55. The molecule has 33 heavy (non-hydrogen) atoms. The number of rotatable bonds is 6. The zero-order valence-electron chi connectivity index (χ0n) is 19.0. The molecule has 1 unspecified atom stereocenters. The van der Waals surface area contributed by atoms with Crippen LogP contribution < -0.4 is 10.3 Å². The Labute approximate surface area is 191 Å². The largest absolute Gasteiger partial charge is 0.394 e. The molecule has 1 aliphatic heterocycles. The number of nitrogens with one attached hydrogen (secondary N) is 1. The van der Waals surface area contributed by atoms with E-state index in [1.807, 2.05) is 0 Å². The first-order valence-corrected chi connectivity index (χ1v) is 10.5. The molecule has 0 radical (unpaired) electrons. The summed E-state index contributed by atoms with van der Waals surface area (Å²) in [4.78, 5) is 40.1. The molecule has 8 nitrogen and oxygen atoms in total. The smallest absolute Gasteiger partial charge is 0.263 e. The highest BCUT2D eigenvalue weighted by Crippen LogP contribution is 2.35. The van der Waals surface area contributed by atoms with Gasteiger partial charge in [0.05, 0.1) is 18.0 Å². The number of hydrogen-bond donors (Lipinski definition) is 2. The molecule has 0 spiro atoms. The van der Waals surface area contributed by atoms with Gasteiger partial charge in [0.1, 0.15) is 11.2 Å². The number of carbonyl (C=O) groups is 3. The molecule has 0 bridgehead atoms. The zero-order chi connectivity index (χ0) is 24.3. The van der Waals surface area contributed by atoms with Crippen molar-refractivity contribution in [2.24, 2.45) is 10.5 Å². The molecule has 2 aromatic carbocycles. The van der Waals surface area contributed by atoms with E-state index in [2.05, 4.69) is 10.4 Å². The molecule has 0 aliphatic carbocycles. The molecule has 3 amide bonds. The van der Waals surface area contributed by atoms with Gasteiger partial charge in [-0.15, -0.1) is 0 Å². The summed E-state index contributed by atoms with van der Waals surface area (Å²) in [5.41, 5.74) is 0.164. The lowest BCUT2D eigenvalue weighted by molar-refractivity contribution is -0.141. The fraction of sp³-hybridized carbons (Fsp3) is 0.333. The number of hydrogen-bond acceptors (Lipinski definition) is 5. The Morgan fingerprint density at radius 2 is 1.91 bits per heavy atom. The van der Waals surface area contributed by atoms with E-state index < -0.39 is 29.1 Å². The van der Waals surface area contributed by atoms with E-state index in [4.69, 9.17) is 0 Å². The first-order valence-electron chi connectivity index (χ1n) is 10.5. The molecule has 0 aromatic heterocycles. The fourth-order valence-electron chi connectivity index (χ4n) is 3.46. The highest BCUT2D eigenvalue weighted by molar-refractivity contribution is 6.19. The van der Waals surface area contributed by atoms with Gasteiger partial charge >= 0.3 is 0 Å². The number of aliphatic hydroxyl groups excluding tert-OH is 1. The standard InChI is InChI=1S/C24H27FN4O4/c1-15(14-30)26-22(32)24(2)13-20(16-8-10-17(11-9-16)21(31)28(3)4)27-29(23(24)33)19-7-5-6-18(25)12-19/h5-12,15,30H,13-14H2,1-4H3,(H,26,32)/t15-,24?/m0/s1. The molecule has 2 N–H and O–H groups in total. The van der Waals surface area contributed by atoms with E-state index >= 15 is 0 Å². The van der Waals surface area contributed by atoms with Crippen molar-refractivity contribution in [3.63, 3.8) is 0 Å². The summed E-state index contributed by atoms with van der Waals surface area (Å²) in [6.45, 7) is 2.83. The second-order valence-corrected chi connectivity index (χ2v) is 8.49. The fourth-order valence-corrected chi connectivity index (χ4v) is 3.46. The Kier molecular flexibility index (Phi) is 6.92. The topological polar surface area (TPSA) is 102 Å². The normalized spacial score (nSPS) is 19.0. The maximum Gasteiger partial charge on any atom is 0.263 e. The lowest BCUT2D eigenvalue weighted by Gasteiger charge is -2.36. The molecule has 1 heterocycles. The Bertz CT molecular complexity index is 1100. The van der Waals surface area contributed by atoms with Gasteiger partial charge in [0, 0.05) is 32.1 Å². The molecule has 1 aliphatic rings. The summed E-state index contributed by atoms with van der Waals surface area (Å²) < 4.78 is 13.9. The quantitative estimate of drug-likeness (QED) is 0.653. The van der Waals surface area contributed by atoms with Crippen LogP contribution in [0, 0.1) is 11.2 Å². The summed E-state index contributed by atoms with van der Waals surface area (Å²) in [6, 6.07) is 11.5. The van der Waals surface area contributed by atoms with Crippen molar-refractivity contribution in [2.45, 2.75) is 26.3 Å². The van der Waals surface area contributed by atoms with E-state index in [-0.39, 0.29) is 24.6 Å². The highest BCUT2D eigenvalue weighted by Gasteiger charge is 2.48. The monoisotopic (exact) mass is 454 g/mol. The third-order valence-electron chi connectivity index (χ3n) is 5.48. The first kappa shape index (κ1) is 24.1. The summed E-state index contributed by atoms with van der Waals surface area (Å²) in [7, 11) is 3.31. The van der Waals surface area contributed by atoms with Gasteiger partial charge in [0.25, 0.3) is 11.8 Å². The van der Waals surface area contributed by atoms with Crippen LogP contribution in [0.1, 0.15) is 36.2 Å². The van der Waals surface area contributed by atoms with Gasteiger partial charge < -0.3 is 15.3 Å². The number of anilines is 1. The van der Waals surface area contributed by atoms with E-state index in [1.54, 1.807) is 45.3 Å². The van der Waals surface area contributed by atoms with Gasteiger partial charge in [0.2, 0.25) is 5.91 Å². The number of aliphatic hydroxyl groups is 1. The van der Waals surface area contributed by atoms with Crippen LogP contribution >= 0.6 is 0 Å². The van der Waals surface area contributed by atoms with E-state index in [0.717, 1.165) is 11.1 Å². The average molecular weight is 455 g/mol. The maximum absolute atomic E-state index is 13.9. The number of halogens is 1. The molecular weight excluding hydrogens is 427 g/mol. The van der Waals surface area contributed by atoms with Gasteiger partial charge in [0.15, 0.2) is 0 Å². The Balaban J connectivity index is 2.06. The second-order valence-electron chi connectivity index (χ2n) is 8.49. The van der Waals surface area contributed by atoms with Crippen LogP contribution in [0.3, 0.4) is 0 Å². The van der Waals surface area contributed by atoms with E-state index in [9.17, 15) is 23.9 Å². The number of carbonyl (C=O) groups excluding carboxylic acids is 3. The molecule has 174 valence electrons. The molecule has 2 aromatic rings. The van der Waals surface area contributed by atoms with Gasteiger partial charge in [-0.25, -0.2) is 4.39 Å². The zero-order valence-corrected chi connectivity index (χ0v) is 19.0. The van der Waals surface area contributed by atoms with Gasteiger partial charge in [-0.2, -0.15) is 10.1 Å². The third-order valence-corrected chi connectivity index (χ3v) is 5.48. The van der Waals surface area contributed by atoms with Crippen molar-refractivity contribution >= 4 is 29.1 Å². The van der Waals surface area contributed by atoms with Crippen LogP contribution in [-0.2, 0) is 9.59 Å². The molecular formula is C24H27FN4O4. The van der Waals surface area contributed by atoms with Crippen molar-refractivity contribution in [1.29, 1.82) is 0 Å². The number of amides is 3. The van der Waals surface area contributed by atoms with Gasteiger partial charge in [-0.3, -0.25) is 14.4 Å². The molecule has 3 rings (SSSR count). The highest BCUT2D eigenvalue weighted by atomic mass is 19.1. The van der Waals surface area contributed by atoms with Gasteiger partial charge in [-0.05, 0) is 49.7 Å². The Hall–Kier alpha value is -3.59. The van der Waals surface area contributed by atoms with Crippen LogP contribution in [0.5, 0.6) is 0 Å². The van der Waals surface area contributed by atoms with Crippen molar-refractivity contribution in [3.05, 3.63) is 65.5 Å². The summed E-state index contributed by atoms with van der Waals surface area (Å²) in [5.74, 6) is -1.89. The minimum absolute atomic E-state index is 0.0113. The van der Waals surface area contributed by atoms with Crippen LogP contribution in [-0.4, -0.2) is 60.2 Å². The number of benzene rings is 2. The van der Waals surface area contributed by atoms with Crippen LogP contribution in [0.4, 0.5) is 10.1 Å². The van der Waals surface area contributed by atoms with Crippen LogP contribution in [0.2, 0.25) is 0 Å². The number of hydrazone groups is 1. The van der Waals surface area contributed by atoms with Crippen molar-refractivity contribution < 1.29 is 23.9 Å². The minimum Gasteiger partial charge on any atom is -0.394 e. The third kappa shape index (κ3) is 4.93. The molecule has 2 atom stereocenters. The average Bonchev–Trinajstić information content (AvgIpc) is 2.80. The Morgan fingerprint density at radius 3 is 2.48 bits per heavy atom.